The average Bonchev–Trinajstić information content (AvgIpc) is 2.49. The van der Waals surface area contributed by atoms with Crippen molar-refractivity contribution in [2.24, 2.45) is 0 Å². The molecule has 2 nitrogen and oxygen atoms in total. The average molecular weight is 270 g/mol. The lowest BCUT2D eigenvalue weighted by Gasteiger charge is -2.16. The standard InChI is InChI=1S/C17H18O2.CH4/c1-12(18)9-14-7-8-15-5-3-4-6-17(15)16(11-14)10-13(2)19;/h3-9,16H,10-11H2,1-2H3;1H4/b14-9+;. The predicted octanol–water partition coefficient (Wildman–Crippen LogP) is 4.32. The van der Waals surface area contributed by atoms with E-state index < -0.39 is 0 Å². The van der Waals surface area contributed by atoms with Gasteiger partial charge < -0.3 is 4.79 Å². The number of fused-ring (bicyclic) bond motifs is 1. The molecule has 0 saturated heterocycles. The van der Waals surface area contributed by atoms with Crippen LogP contribution in [0.25, 0.3) is 6.08 Å². The summed E-state index contributed by atoms with van der Waals surface area (Å²) in [6.07, 6.45) is 6.95. The monoisotopic (exact) mass is 270 g/mol. The Labute approximate surface area is 121 Å². The summed E-state index contributed by atoms with van der Waals surface area (Å²) in [5.41, 5.74) is 3.33. The van der Waals surface area contributed by atoms with Crippen LogP contribution < -0.4 is 0 Å². The van der Waals surface area contributed by atoms with E-state index in [9.17, 15) is 9.59 Å². The van der Waals surface area contributed by atoms with Crippen molar-refractivity contribution in [1.29, 1.82) is 0 Å². The second-order valence-electron chi connectivity index (χ2n) is 5.10. The molecule has 1 unspecified atom stereocenters. The lowest BCUT2D eigenvalue weighted by molar-refractivity contribution is -0.117. The van der Waals surface area contributed by atoms with Crippen molar-refractivity contribution < 1.29 is 9.59 Å². The van der Waals surface area contributed by atoms with E-state index in [0.717, 1.165) is 17.6 Å². The molecule has 0 fully saturated rings. The molecule has 1 atom stereocenters. The third-order valence-corrected chi connectivity index (χ3v) is 3.32. The van der Waals surface area contributed by atoms with Gasteiger partial charge in [-0.05, 0) is 49.0 Å². The number of carbonyl (C=O) groups excluding carboxylic acids is 2. The molecule has 2 rings (SSSR count). The van der Waals surface area contributed by atoms with Gasteiger partial charge in [0.15, 0.2) is 5.78 Å². The molecule has 0 radical (unpaired) electrons. The lowest BCUT2D eigenvalue weighted by atomic mass is 9.87. The van der Waals surface area contributed by atoms with E-state index in [4.69, 9.17) is 0 Å². The van der Waals surface area contributed by atoms with E-state index in [1.54, 1.807) is 19.9 Å². The summed E-state index contributed by atoms with van der Waals surface area (Å²) in [7, 11) is 0. The Morgan fingerprint density at radius 1 is 1.20 bits per heavy atom. The maximum Gasteiger partial charge on any atom is 0.152 e. The molecular formula is C18H22O2. The Morgan fingerprint density at radius 2 is 1.90 bits per heavy atom. The maximum atomic E-state index is 11.5. The van der Waals surface area contributed by atoms with E-state index >= 15 is 0 Å². The van der Waals surface area contributed by atoms with Crippen molar-refractivity contribution in [2.45, 2.75) is 40.0 Å². The zero-order chi connectivity index (χ0) is 13.8. The summed E-state index contributed by atoms with van der Waals surface area (Å²) in [6.45, 7) is 3.17. The predicted molar refractivity (Wildman–Crippen MR) is 83.6 cm³/mol. The van der Waals surface area contributed by atoms with Gasteiger partial charge in [-0.15, -0.1) is 0 Å². The van der Waals surface area contributed by atoms with Crippen LogP contribution in [0.4, 0.5) is 0 Å². The van der Waals surface area contributed by atoms with Crippen LogP contribution in [0.1, 0.15) is 51.2 Å². The highest BCUT2D eigenvalue weighted by Crippen LogP contribution is 2.34. The number of allylic oxidation sites excluding steroid dienone is 3. The number of hydrogen-bond donors (Lipinski definition) is 0. The molecule has 0 aromatic heterocycles. The lowest BCUT2D eigenvalue weighted by Crippen LogP contribution is -2.06. The van der Waals surface area contributed by atoms with Gasteiger partial charge in [-0.25, -0.2) is 0 Å². The molecule has 106 valence electrons. The Kier molecular flexibility index (Phi) is 5.63. The van der Waals surface area contributed by atoms with Crippen molar-refractivity contribution in [1.82, 2.24) is 0 Å². The summed E-state index contributed by atoms with van der Waals surface area (Å²) in [5.74, 6) is 0.394. The highest BCUT2D eigenvalue weighted by atomic mass is 16.1. The SMILES string of the molecule is C.CC(=O)/C=C1\C=Cc2ccccc2C(CC(C)=O)C1. The topological polar surface area (TPSA) is 34.1 Å². The van der Waals surface area contributed by atoms with Gasteiger partial charge in [0.1, 0.15) is 5.78 Å². The molecule has 0 saturated carbocycles. The van der Waals surface area contributed by atoms with Gasteiger partial charge in [0.2, 0.25) is 0 Å². The normalized spacial score (nSPS) is 18.9. The molecule has 0 heterocycles. The summed E-state index contributed by atoms with van der Waals surface area (Å²) in [5, 5.41) is 0. The molecule has 0 aliphatic heterocycles. The summed E-state index contributed by atoms with van der Waals surface area (Å²) < 4.78 is 0. The van der Waals surface area contributed by atoms with Crippen molar-refractivity contribution in [3.8, 4) is 0 Å². The van der Waals surface area contributed by atoms with Crippen LogP contribution in [-0.2, 0) is 9.59 Å². The number of hydrogen-bond acceptors (Lipinski definition) is 2. The fourth-order valence-corrected chi connectivity index (χ4v) is 2.59. The number of rotatable bonds is 3. The molecule has 1 aromatic rings. The molecule has 0 spiro atoms. The van der Waals surface area contributed by atoms with E-state index in [2.05, 4.69) is 12.1 Å². The molecule has 1 aliphatic carbocycles. The molecule has 0 amide bonds. The maximum absolute atomic E-state index is 11.5. The highest BCUT2D eigenvalue weighted by Gasteiger charge is 2.19. The molecule has 0 N–H and O–H groups in total. The Hall–Kier alpha value is -1.96. The minimum Gasteiger partial charge on any atom is -0.300 e. The van der Waals surface area contributed by atoms with E-state index in [-0.39, 0.29) is 24.9 Å². The quantitative estimate of drug-likeness (QED) is 0.767. The van der Waals surface area contributed by atoms with E-state index in [1.807, 2.05) is 24.3 Å². The van der Waals surface area contributed by atoms with Gasteiger partial charge in [0.25, 0.3) is 0 Å². The molecule has 2 heteroatoms. The first-order valence-corrected chi connectivity index (χ1v) is 6.54. The summed E-state index contributed by atoms with van der Waals surface area (Å²) in [4.78, 5) is 22.7. The Morgan fingerprint density at radius 3 is 2.55 bits per heavy atom. The Bertz CT molecular complexity index is 565. The number of ketones is 2. The van der Waals surface area contributed by atoms with Crippen LogP contribution in [0.5, 0.6) is 0 Å². The van der Waals surface area contributed by atoms with Gasteiger partial charge in [0, 0.05) is 6.42 Å². The van der Waals surface area contributed by atoms with Crippen molar-refractivity contribution in [3.63, 3.8) is 0 Å². The van der Waals surface area contributed by atoms with E-state index in [0.29, 0.717) is 6.42 Å². The zero-order valence-corrected chi connectivity index (χ0v) is 11.3. The smallest absolute Gasteiger partial charge is 0.152 e. The number of Topliss-reactive ketones (excluding diaryl/α,β-unsaturated/α-hetero) is 1. The molecular weight excluding hydrogens is 248 g/mol. The van der Waals surface area contributed by atoms with E-state index in [1.165, 1.54) is 5.56 Å². The van der Waals surface area contributed by atoms with Crippen LogP contribution in [0.2, 0.25) is 0 Å². The van der Waals surface area contributed by atoms with Gasteiger partial charge >= 0.3 is 0 Å². The zero-order valence-electron chi connectivity index (χ0n) is 11.3. The largest absolute Gasteiger partial charge is 0.300 e. The fraction of sp³-hybridized carbons (Fsp3) is 0.333. The first-order chi connectivity index (χ1) is 9.06. The van der Waals surface area contributed by atoms with Crippen LogP contribution >= 0.6 is 0 Å². The third kappa shape index (κ3) is 4.02. The van der Waals surface area contributed by atoms with Gasteiger partial charge in [-0.2, -0.15) is 0 Å². The molecule has 1 aliphatic rings. The van der Waals surface area contributed by atoms with Crippen LogP contribution in [0.15, 0.2) is 42.0 Å². The van der Waals surface area contributed by atoms with Crippen LogP contribution in [0, 0.1) is 0 Å². The number of benzene rings is 1. The number of carbonyl (C=O) groups is 2. The van der Waals surface area contributed by atoms with Crippen LogP contribution in [-0.4, -0.2) is 11.6 Å². The molecule has 0 bridgehead atoms. The molecule has 20 heavy (non-hydrogen) atoms. The second-order valence-corrected chi connectivity index (χ2v) is 5.10. The fourth-order valence-electron chi connectivity index (χ4n) is 2.59. The first kappa shape index (κ1) is 16.1. The van der Waals surface area contributed by atoms with Gasteiger partial charge in [-0.1, -0.05) is 43.8 Å². The van der Waals surface area contributed by atoms with Gasteiger partial charge in [0.05, 0.1) is 0 Å². The minimum atomic E-state index is 0. The third-order valence-electron chi connectivity index (χ3n) is 3.32. The van der Waals surface area contributed by atoms with Crippen LogP contribution in [0.3, 0.4) is 0 Å². The summed E-state index contributed by atoms with van der Waals surface area (Å²) in [6, 6.07) is 8.12. The second kappa shape index (κ2) is 6.99. The molecule has 1 aromatic carbocycles. The minimum absolute atomic E-state index is 0. The highest BCUT2D eigenvalue weighted by molar-refractivity contribution is 5.89. The van der Waals surface area contributed by atoms with Crippen molar-refractivity contribution in [2.75, 3.05) is 0 Å². The van der Waals surface area contributed by atoms with Crippen molar-refractivity contribution >= 4 is 17.6 Å². The Balaban J connectivity index is 0.00000200. The van der Waals surface area contributed by atoms with Crippen molar-refractivity contribution in [3.05, 3.63) is 53.1 Å². The van der Waals surface area contributed by atoms with Gasteiger partial charge in [-0.3, -0.25) is 4.79 Å². The first-order valence-electron chi connectivity index (χ1n) is 6.54. The summed E-state index contributed by atoms with van der Waals surface area (Å²) >= 11 is 0.